The minimum atomic E-state index is -1.52. The van der Waals surface area contributed by atoms with Gasteiger partial charge in [-0.05, 0) is 77.0 Å². The average Bonchev–Trinajstić information content (AvgIpc) is 2.86. The van der Waals surface area contributed by atoms with E-state index in [4.69, 9.17) is 0 Å². The highest BCUT2D eigenvalue weighted by Crippen LogP contribution is 2.27. The van der Waals surface area contributed by atoms with Gasteiger partial charge in [-0.15, -0.1) is 0 Å². The molecule has 0 aliphatic heterocycles. The van der Waals surface area contributed by atoms with Gasteiger partial charge in [0.15, 0.2) is 11.6 Å². The van der Waals surface area contributed by atoms with Crippen LogP contribution in [0.3, 0.4) is 0 Å². The first-order valence-electron chi connectivity index (χ1n) is 13.9. The van der Waals surface area contributed by atoms with Crippen molar-refractivity contribution in [2.75, 3.05) is 18.4 Å². The molecule has 2 N–H and O–H groups in total. The molecule has 0 saturated heterocycles. The molecule has 2 aromatic rings. The predicted molar refractivity (Wildman–Crippen MR) is 152 cm³/mol. The van der Waals surface area contributed by atoms with E-state index in [1.165, 1.54) is 20.0 Å². The van der Waals surface area contributed by atoms with E-state index in [-0.39, 0.29) is 17.9 Å². The van der Waals surface area contributed by atoms with Crippen molar-refractivity contribution in [1.82, 2.24) is 25.2 Å². The smallest absolute Gasteiger partial charge is 0.183 e. The first-order chi connectivity index (χ1) is 18.1. The highest BCUT2D eigenvalue weighted by Gasteiger charge is 2.25. The summed E-state index contributed by atoms with van der Waals surface area (Å²) in [4.78, 5) is 15.5. The molecule has 2 aromatic heterocycles. The Hall–Kier alpha value is -3.03. The number of hydrogen-bond acceptors (Lipinski definition) is 6. The fraction of sp³-hybridized carbons (Fsp3) is 0.567. The van der Waals surface area contributed by atoms with Gasteiger partial charge in [-0.25, -0.2) is 18.7 Å². The number of anilines is 1. The van der Waals surface area contributed by atoms with Gasteiger partial charge in [0.25, 0.3) is 0 Å². The lowest BCUT2D eigenvalue weighted by Crippen LogP contribution is -2.42. The molecule has 38 heavy (non-hydrogen) atoms. The molecule has 2 heterocycles. The van der Waals surface area contributed by atoms with Crippen molar-refractivity contribution in [2.24, 2.45) is 0 Å². The number of aromatic nitrogens is 3. The molecule has 0 amide bonds. The Labute approximate surface area is 227 Å². The summed E-state index contributed by atoms with van der Waals surface area (Å²) in [5.74, 6) is 1.17. The number of alkyl halides is 1. The second-order valence-electron chi connectivity index (χ2n) is 10.7. The number of halogens is 2. The van der Waals surface area contributed by atoms with Crippen LogP contribution in [0.1, 0.15) is 95.8 Å². The second-order valence-corrected chi connectivity index (χ2v) is 10.7. The van der Waals surface area contributed by atoms with Gasteiger partial charge in [-0.2, -0.15) is 0 Å². The molecular formula is C30H44F2N6. The standard InChI is InChI=1S/C30H44F2N6/c1-7-11-27-22(16-23(19-33-27)30(5,6)32)17-28-34-20-26(31)29(37-28)36-25-13-10-12-24(18-25)35-21(4)38(14-8-2)15-9-3/h7,11,16,19-20,24-25,35H,4,8-10,12-15,17-18H2,1-3,5-6H3,(H,34,36,37)/b11-7-. The van der Waals surface area contributed by atoms with E-state index in [0.717, 1.165) is 68.7 Å². The number of nitrogens with zero attached hydrogens (tertiary/aromatic N) is 4. The molecule has 0 radical (unpaired) electrons. The van der Waals surface area contributed by atoms with E-state index in [9.17, 15) is 8.78 Å². The zero-order chi connectivity index (χ0) is 27.7. The molecule has 1 saturated carbocycles. The Bertz CT molecular complexity index is 1090. The third-order valence-corrected chi connectivity index (χ3v) is 6.91. The van der Waals surface area contributed by atoms with E-state index >= 15 is 0 Å². The van der Waals surface area contributed by atoms with Crippen LogP contribution in [0.25, 0.3) is 6.08 Å². The van der Waals surface area contributed by atoms with E-state index in [1.54, 1.807) is 12.3 Å². The third kappa shape index (κ3) is 8.23. The van der Waals surface area contributed by atoms with E-state index in [0.29, 0.717) is 17.8 Å². The molecule has 2 atom stereocenters. The van der Waals surface area contributed by atoms with Gasteiger partial charge < -0.3 is 15.5 Å². The van der Waals surface area contributed by atoms with Crippen LogP contribution in [0, 0.1) is 5.82 Å². The summed E-state index contributed by atoms with van der Waals surface area (Å²) in [6.07, 6.45) is 12.9. The predicted octanol–water partition coefficient (Wildman–Crippen LogP) is 6.75. The van der Waals surface area contributed by atoms with Crippen molar-refractivity contribution in [1.29, 1.82) is 0 Å². The molecule has 1 fully saturated rings. The molecular weight excluding hydrogens is 482 g/mol. The Balaban J connectivity index is 1.72. The summed E-state index contributed by atoms with van der Waals surface area (Å²) < 4.78 is 29.4. The van der Waals surface area contributed by atoms with Crippen LogP contribution in [0.2, 0.25) is 0 Å². The highest BCUT2D eigenvalue weighted by atomic mass is 19.1. The van der Waals surface area contributed by atoms with Crippen molar-refractivity contribution in [3.63, 3.8) is 0 Å². The van der Waals surface area contributed by atoms with Gasteiger partial charge in [0, 0.05) is 43.4 Å². The number of rotatable bonds is 13. The number of pyridine rings is 1. The Morgan fingerprint density at radius 3 is 2.53 bits per heavy atom. The van der Waals surface area contributed by atoms with Crippen molar-refractivity contribution in [2.45, 2.75) is 97.3 Å². The maximum atomic E-state index is 14.8. The molecule has 0 aromatic carbocycles. The first-order valence-corrected chi connectivity index (χ1v) is 13.9. The van der Waals surface area contributed by atoms with Crippen LogP contribution in [0.4, 0.5) is 14.6 Å². The maximum Gasteiger partial charge on any atom is 0.183 e. The molecule has 6 nitrogen and oxygen atoms in total. The van der Waals surface area contributed by atoms with Gasteiger partial charge >= 0.3 is 0 Å². The van der Waals surface area contributed by atoms with Gasteiger partial charge in [0.1, 0.15) is 11.5 Å². The summed E-state index contributed by atoms with van der Waals surface area (Å²) in [7, 11) is 0. The highest BCUT2D eigenvalue weighted by molar-refractivity contribution is 5.51. The van der Waals surface area contributed by atoms with Crippen LogP contribution in [-0.4, -0.2) is 45.0 Å². The van der Waals surface area contributed by atoms with Crippen molar-refractivity contribution < 1.29 is 8.78 Å². The normalized spacial score (nSPS) is 18.0. The zero-order valence-corrected chi connectivity index (χ0v) is 23.7. The monoisotopic (exact) mass is 526 g/mol. The minimum absolute atomic E-state index is 0.0908. The number of hydrogen-bond donors (Lipinski definition) is 2. The maximum absolute atomic E-state index is 14.8. The zero-order valence-electron chi connectivity index (χ0n) is 23.7. The molecule has 1 aliphatic carbocycles. The quantitative estimate of drug-likeness (QED) is 0.301. The molecule has 0 bridgehead atoms. The largest absolute Gasteiger partial charge is 0.369 e. The fourth-order valence-electron chi connectivity index (χ4n) is 4.95. The van der Waals surface area contributed by atoms with E-state index in [2.05, 4.69) is 50.9 Å². The van der Waals surface area contributed by atoms with Crippen LogP contribution < -0.4 is 10.6 Å². The number of allylic oxidation sites excluding steroid dienone is 1. The van der Waals surface area contributed by atoms with Crippen molar-refractivity contribution in [3.8, 4) is 0 Å². The summed E-state index contributed by atoms with van der Waals surface area (Å²) >= 11 is 0. The molecule has 208 valence electrons. The van der Waals surface area contributed by atoms with Crippen molar-refractivity contribution >= 4 is 11.9 Å². The van der Waals surface area contributed by atoms with Crippen LogP contribution in [0.5, 0.6) is 0 Å². The lowest BCUT2D eigenvalue weighted by molar-refractivity contribution is 0.220. The molecule has 3 rings (SSSR count). The lowest BCUT2D eigenvalue weighted by atomic mass is 9.91. The SMILES string of the molecule is C=C(NC1CCCC(Nc2nc(Cc3cc(C(C)(C)F)cnc3/C=C\C)ncc2F)C1)N(CCC)CCC. The molecule has 0 spiro atoms. The lowest BCUT2D eigenvalue weighted by Gasteiger charge is -2.35. The molecule has 8 heteroatoms. The summed E-state index contributed by atoms with van der Waals surface area (Å²) in [6, 6.07) is 2.16. The van der Waals surface area contributed by atoms with E-state index in [1.807, 2.05) is 19.1 Å². The third-order valence-electron chi connectivity index (χ3n) is 6.91. The van der Waals surface area contributed by atoms with Gasteiger partial charge in [-0.3, -0.25) is 4.98 Å². The molecule has 1 aliphatic rings. The van der Waals surface area contributed by atoms with Crippen molar-refractivity contribution in [3.05, 3.63) is 65.4 Å². The topological polar surface area (TPSA) is 66.0 Å². The Morgan fingerprint density at radius 2 is 1.87 bits per heavy atom. The van der Waals surface area contributed by atoms with Crippen LogP contribution in [0.15, 0.2) is 36.9 Å². The fourth-order valence-corrected chi connectivity index (χ4v) is 4.95. The van der Waals surface area contributed by atoms with Gasteiger partial charge in [-0.1, -0.05) is 26.5 Å². The summed E-state index contributed by atoms with van der Waals surface area (Å²) in [5, 5.41) is 6.95. The summed E-state index contributed by atoms with van der Waals surface area (Å²) in [5.41, 5.74) is 0.491. The second kappa shape index (κ2) is 13.7. The summed E-state index contributed by atoms with van der Waals surface area (Å²) in [6.45, 7) is 15.5. The average molecular weight is 527 g/mol. The first kappa shape index (κ1) is 29.5. The Kier molecular flexibility index (Phi) is 10.6. The minimum Gasteiger partial charge on any atom is -0.369 e. The van der Waals surface area contributed by atoms with Gasteiger partial charge in [0.05, 0.1) is 17.7 Å². The number of nitrogens with one attached hydrogen (secondary N) is 2. The van der Waals surface area contributed by atoms with Gasteiger partial charge in [0.2, 0.25) is 0 Å². The van der Waals surface area contributed by atoms with E-state index < -0.39 is 11.5 Å². The van der Waals surface area contributed by atoms with Crippen LogP contribution >= 0.6 is 0 Å². The van der Waals surface area contributed by atoms with Crippen LogP contribution in [-0.2, 0) is 12.1 Å². The molecule has 2 unspecified atom stereocenters. The Morgan fingerprint density at radius 1 is 1.16 bits per heavy atom.